The predicted octanol–water partition coefficient (Wildman–Crippen LogP) is 3.05. The topological polar surface area (TPSA) is 56.0 Å². The van der Waals surface area contributed by atoms with E-state index < -0.39 is 0 Å². The molecule has 6 heteroatoms. The summed E-state index contributed by atoms with van der Waals surface area (Å²) in [6, 6.07) is 3.68. The number of rotatable bonds is 2. The monoisotopic (exact) mass is 333 g/mol. The number of hydrogen-bond donors (Lipinski definition) is 1. The first-order valence-electron chi connectivity index (χ1n) is 7.76. The highest BCUT2D eigenvalue weighted by atomic mass is 35.5. The van der Waals surface area contributed by atoms with Crippen molar-refractivity contribution in [1.29, 1.82) is 0 Å². The lowest BCUT2D eigenvalue weighted by Crippen LogP contribution is -2.25. The second-order valence-electron chi connectivity index (χ2n) is 6.12. The summed E-state index contributed by atoms with van der Waals surface area (Å²) < 4.78 is 3.17. The molecule has 0 atom stereocenters. The minimum Gasteiger partial charge on any atom is -0.321 e. The summed E-state index contributed by atoms with van der Waals surface area (Å²) in [5.74, 6) is -0.249. The number of anilines is 1. The first-order chi connectivity index (χ1) is 10.9. The summed E-state index contributed by atoms with van der Waals surface area (Å²) in [4.78, 5) is 25.0. The lowest BCUT2D eigenvalue weighted by molar-refractivity contribution is 0.101. The van der Waals surface area contributed by atoms with Gasteiger partial charge in [-0.15, -0.1) is 0 Å². The van der Waals surface area contributed by atoms with E-state index in [0.29, 0.717) is 22.9 Å². The fourth-order valence-corrected chi connectivity index (χ4v) is 3.36. The molecule has 0 bridgehead atoms. The molecule has 1 aliphatic heterocycles. The molecule has 0 radical (unpaired) electrons. The molecule has 3 rings (SSSR count). The Bertz CT molecular complexity index is 825. The maximum absolute atomic E-state index is 12.7. The fraction of sp³-hybridized carbons (Fsp3) is 0.412. The van der Waals surface area contributed by atoms with Crippen LogP contribution in [0.25, 0.3) is 0 Å². The predicted molar refractivity (Wildman–Crippen MR) is 91.5 cm³/mol. The molecule has 0 saturated carbocycles. The van der Waals surface area contributed by atoms with Gasteiger partial charge in [-0.25, -0.2) is 4.79 Å². The summed E-state index contributed by atoms with van der Waals surface area (Å²) >= 11 is 6.17. The molecule has 1 N–H and O–H groups in total. The van der Waals surface area contributed by atoms with Crippen molar-refractivity contribution in [3.8, 4) is 0 Å². The van der Waals surface area contributed by atoms with Gasteiger partial charge in [0.15, 0.2) is 0 Å². The number of amides is 1. The van der Waals surface area contributed by atoms with Gasteiger partial charge in [0.25, 0.3) is 5.91 Å². The van der Waals surface area contributed by atoms with E-state index in [4.69, 9.17) is 11.6 Å². The van der Waals surface area contributed by atoms with Crippen LogP contribution in [0.3, 0.4) is 0 Å². The second-order valence-corrected chi connectivity index (χ2v) is 6.50. The number of nitrogens with one attached hydrogen (secondary N) is 1. The molecule has 1 amide bonds. The molecule has 0 spiro atoms. The minimum absolute atomic E-state index is 0.117. The summed E-state index contributed by atoms with van der Waals surface area (Å²) in [7, 11) is 1.65. The van der Waals surface area contributed by atoms with E-state index in [2.05, 4.69) is 5.32 Å². The zero-order valence-corrected chi connectivity index (χ0v) is 14.3. The zero-order valence-electron chi connectivity index (χ0n) is 13.6. The number of imidazole rings is 1. The molecule has 1 aromatic heterocycles. The fourth-order valence-electron chi connectivity index (χ4n) is 3.25. The molecule has 2 heterocycles. The molecule has 5 nitrogen and oxygen atoms in total. The van der Waals surface area contributed by atoms with Crippen molar-refractivity contribution in [2.45, 2.75) is 39.7 Å². The Morgan fingerprint density at radius 3 is 2.52 bits per heavy atom. The van der Waals surface area contributed by atoms with Crippen molar-refractivity contribution in [2.24, 2.45) is 7.05 Å². The van der Waals surface area contributed by atoms with Gasteiger partial charge in [-0.05, 0) is 56.4 Å². The van der Waals surface area contributed by atoms with E-state index in [1.54, 1.807) is 11.6 Å². The lowest BCUT2D eigenvalue weighted by atomic mass is 10.1. The van der Waals surface area contributed by atoms with Gasteiger partial charge in [0.1, 0.15) is 5.69 Å². The third-order valence-electron chi connectivity index (χ3n) is 4.41. The van der Waals surface area contributed by atoms with Crippen LogP contribution in [-0.2, 0) is 20.0 Å². The summed E-state index contributed by atoms with van der Waals surface area (Å²) in [5.41, 5.74) is 3.69. The maximum atomic E-state index is 12.7. The number of halogens is 1. The van der Waals surface area contributed by atoms with Gasteiger partial charge >= 0.3 is 5.69 Å². The largest absolute Gasteiger partial charge is 0.328 e. The van der Waals surface area contributed by atoms with Gasteiger partial charge in [0.05, 0.1) is 5.69 Å². The third-order valence-corrected chi connectivity index (χ3v) is 5.00. The van der Waals surface area contributed by atoms with Gasteiger partial charge in [-0.1, -0.05) is 11.6 Å². The quantitative estimate of drug-likeness (QED) is 0.918. The SMILES string of the molecule is Cc1cc(NC(=O)c2c3n(c(=O)n2C)CCCC3)cc(C)c1Cl. The van der Waals surface area contributed by atoms with Gasteiger partial charge in [-0.2, -0.15) is 0 Å². The first-order valence-corrected chi connectivity index (χ1v) is 8.14. The average Bonchev–Trinajstić information content (AvgIpc) is 2.77. The zero-order chi connectivity index (χ0) is 16.7. The summed E-state index contributed by atoms with van der Waals surface area (Å²) in [6.07, 6.45) is 2.74. The molecule has 0 aliphatic carbocycles. The van der Waals surface area contributed by atoms with Crippen LogP contribution in [0.15, 0.2) is 16.9 Å². The van der Waals surface area contributed by atoms with E-state index in [-0.39, 0.29) is 11.6 Å². The van der Waals surface area contributed by atoms with E-state index in [1.165, 1.54) is 4.57 Å². The van der Waals surface area contributed by atoms with Crippen molar-refractivity contribution in [3.05, 3.63) is 50.2 Å². The molecular weight excluding hydrogens is 314 g/mol. The van der Waals surface area contributed by atoms with Crippen LogP contribution in [0.1, 0.15) is 40.2 Å². The van der Waals surface area contributed by atoms with Crippen LogP contribution >= 0.6 is 11.6 Å². The van der Waals surface area contributed by atoms with E-state index in [1.807, 2.05) is 26.0 Å². The molecular formula is C17H20ClN3O2. The van der Waals surface area contributed by atoms with E-state index >= 15 is 0 Å². The Labute approximate surface area is 139 Å². The van der Waals surface area contributed by atoms with E-state index in [9.17, 15) is 9.59 Å². The molecule has 122 valence electrons. The number of aryl methyl sites for hydroxylation is 2. The van der Waals surface area contributed by atoms with Crippen LogP contribution in [0.4, 0.5) is 5.69 Å². The Morgan fingerprint density at radius 2 is 1.87 bits per heavy atom. The van der Waals surface area contributed by atoms with Gasteiger partial charge in [-0.3, -0.25) is 13.9 Å². The van der Waals surface area contributed by atoms with Crippen molar-refractivity contribution in [2.75, 3.05) is 5.32 Å². The Kier molecular flexibility index (Phi) is 4.06. The molecule has 0 unspecified atom stereocenters. The highest BCUT2D eigenvalue weighted by Gasteiger charge is 2.25. The molecule has 0 fully saturated rings. The molecule has 0 saturated heterocycles. The van der Waals surface area contributed by atoms with Crippen LogP contribution in [0.5, 0.6) is 0 Å². The van der Waals surface area contributed by atoms with E-state index in [0.717, 1.165) is 36.1 Å². The highest BCUT2D eigenvalue weighted by molar-refractivity contribution is 6.32. The Morgan fingerprint density at radius 1 is 1.22 bits per heavy atom. The number of hydrogen-bond acceptors (Lipinski definition) is 2. The first kappa shape index (κ1) is 15.9. The summed E-state index contributed by atoms with van der Waals surface area (Å²) in [6.45, 7) is 4.50. The normalized spacial score (nSPS) is 13.7. The number of benzene rings is 1. The molecule has 2 aromatic rings. The molecule has 1 aromatic carbocycles. The van der Waals surface area contributed by atoms with Crippen LogP contribution in [-0.4, -0.2) is 15.0 Å². The van der Waals surface area contributed by atoms with Crippen LogP contribution < -0.4 is 11.0 Å². The minimum atomic E-state index is -0.249. The van der Waals surface area contributed by atoms with Gasteiger partial charge in [0, 0.05) is 24.3 Å². The van der Waals surface area contributed by atoms with Crippen LogP contribution in [0.2, 0.25) is 5.02 Å². The van der Waals surface area contributed by atoms with Gasteiger partial charge < -0.3 is 5.32 Å². The van der Waals surface area contributed by atoms with Crippen molar-refractivity contribution >= 4 is 23.2 Å². The number of carbonyl (C=O) groups is 1. The average molecular weight is 334 g/mol. The Hall–Kier alpha value is -2.01. The van der Waals surface area contributed by atoms with Crippen molar-refractivity contribution < 1.29 is 4.79 Å². The molecule has 23 heavy (non-hydrogen) atoms. The highest BCUT2D eigenvalue weighted by Crippen LogP contribution is 2.25. The number of fused-ring (bicyclic) bond motifs is 1. The number of nitrogens with zero attached hydrogens (tertiary/aromatic N) is 2. The second kappa shape index (κ2) is 5.89. The van der Waals surface area contributed by atoms with Crippen molar-refractivity contribution in [3.63, 3.8) is 0 Å². The summed E-state index contributed by atoms with van der Waals surface area (Å²) in [5, 5.41) is 3.61. The van der Waals surface area contributed by atoms with Crippen molar-refractivity contribution in [1.82, 2.24) is 9.13 Å². The number of aromatic nitrogens is 2. The van der Waals surface area contributed by atoms with Crippen LogP contribution in [0, 0.1) is 13.8 Å². The molecule has 1 aliphatic rings. The van der Waals surface area contributed by atoms with Gasteiger partial charge in [0.2, 0.25) is 0 Å². The maximum Gasteiger partial charge on any atom is 0.328 e. The smallest absolute Gasteiger partial charge is 0.321 e. The standard InChI is InChI=1S/C17H20ClN3O2/c1-10-8-12(9-11(2)14(10)18)19-16(22)15-13-6-4-5-7-21(13)17(23)20(15)3/h8-9H,4-7H2,1-3H3,(H,19,22). The third kappa shape index (κ3) is 2.70. The number of carbonyl (C=O) groups excluding carboxylic acids is 1. The lowest BCUT2D eigenvalue weighted by Gasteiger charge is -2.15. The Balaban J connectivity index is 1.97.